The number of nitrogens with one attached hydrogen (secondary N) is 2. The lowest BCUT2D eigenvalue weighted by atomic mass is 9.69. The van der Waals surface area contributed by atoms with Crippen molar-refractivity contribution in [3.05, 3.63) is 34.6 Å². The average Bonchev–Trinajstić information content (AvgIpc) is 2.56. The maximum Gasteiger partial charge on any atom is 0.391 e. The summed E-state index contributed by atoms with van der Waals surface area (Å²) in [5.41, 5.74) is 0.430. The number of piperazine rings is 1. The minimum atomic E-state index is -4.29. The normalized spacial score (nSPS) is 26.3. The molecule has 1 aromatic rings. The summed E-state index contributed by atoms with van der Waals surface area (Å²) in [6.45, 7) is 2.15. The number of urea groups is 1. The van der Waals surface area contributed by atoms with Crippen molar-refractivity contribution in [2.75, 3.05) is 13.1 Å². The average molecular weight is 422 g/mol. The zero-order valence-electron chi connectivity index (χ0n) is 15.0. The Balaban J connectivity index is 1.79. The third kappa shape index (κ3) is 4.19. The van der Waals surface area contributed by atoms with Gasteiger partial charge in [0, 0.05) is 13.1 Å². The zero-order valence-corrected chi connectivity index (χ0v) is 15.8. The van der Waals surface area contributed by atoms with E-state index in [1.54, 1.807) is 6.92 Å². The van der Waals surface area contributed by atoms with Crippen LogP contribution in [0.4, 0.5) is 22.4 Å². The van der Waals surface area contributed by atoms with Crippen LogP contribution >= 0.6 is 11.6 Å². The Morgan fingerprint density at radius 2 is 2.04 bits per heavy atom. The molecule has 1 heterocycles. The lowest BCUT2D eigenvalue weighted by Crippen LogP contribution is -2.59. The molecule has 10 heteroatoms. The van der Waals surface area contributed by atoms with Gasteiger partial charge in [0.15, 0.2) is 0 Å². The number of hydrogen-bond acceptors (Lipinski definition) is 2. The van der Waals surface area contributed by atoms with Crippen LogP contribution in [-0.2, 0) is 4.79 Å². The maximum atomic E-state index is 13.5. The van der Waals surface area contributed by atoms with E-state index in [9.17, 15) is 27.2 Å². The van der Waals surface area contributed by atoms with E-state index < -0.39 is 41.9 Å². The number of rotatable bonds is 3. The van der Waals surface area contributed by atoms with Crippen molar-refractivity contribution in [1.29, 1.82) is 0 Å². The molecule has 1 aromatic carbocycles. The Bertz CT molecular complexity index is 768. The van der Waals surface area contributed by atoms with Gasteiger partial charge in [0.2, 0.25) is 5.91 Å². The first-order valence-corrected chi connectivity index (χ1v) is 9.32. The summed E-state index contributed by atoms with van der Waals surface area (Å²) >= 11 is 5.82. The van der Waals surface area contributed by atoms with Crippen LogP contribution in [0.3, 0.4) is 0 Å². The van der Waals surface area contributed by atoms with Crippen molar-refractivity contribution in [1.82, 2.24) is 15.5 Å². The smallest absolute Gasteiger partial charge is 0.353 e. The van der Waals surface area contributed by atoms with Gasteiger partial charge in [0.25, 0.3) is 0 Å². The second-order valence-electron chi connectivity index (χ2n) is 7.23. The molecule has 3 rings (SSSR count). The lowest BCUT2D eigenvalue weighted by Gasteiger charge is -2.43. The van der Waals surface area contributed by atoms with Crippen LogP contribution < -0.4 is 10.6 Å². The summed E-state index contributed by atoms with van der Waals surface area (Å²) in [4.78, 5) is 25.8. The first-order chi connectivity index (χ1) is 13.1. The Kier molecular flexibility index (Phi) is 5.74. The SMILES string of the molecule is C[C@@H]1C(=O)NCCN1C(=O)N[C@H](c1ccc(F)c(Cl)c1)[C@H]1C[C@@H](C(F)(F)F)C1. The molecule has 0 bridgehead atoms. The Hall–Kier alpha value is -2.03. The van der Waals surface area contributed by atoms with Gasteiger partial charge in [-0.05, 0) is 43.4 Å². The predicted molar refractivity (Wildman–Crippen MR) is 94.1 cm³/mol. The number of hydrogen-bond donors (Lipinski definition) is 2. The van der Waals surface area contributed by atoms with E-state index in [-0.39, 0.29) is 30.3 Å². The quantitative estimate of drug-likeness (QED) is 0.732. The fraction of sp³-hybridized carbons (Fsp3) is 0.556. The highest BCUT2D eigenvalue weighted by Crippen LogP contribution is 2.49. The second-order valence-corrected chi connectivity index (χ2v) is 7.64. The molecule has 2 fully saturated rings. The van der Waals surface area contributed by atoms with Crippen molar-refractivity contribution >= 4 is 23.5 Å². The van der Waals surface area contributed by atoms with Crippen molar-refractivity contribution in [3.8, 4) is 0 Å². The van der Waals surface area contributed by atoms with E-state index >= 15 is 0 Å². The Morgan fingerprint density at radius 1 is 1.36 bits per heavy atom. The molecule has 1 aliphatic heterocycles. The third-order valence-electron chi connectivity index (χ3n) is 5.45. The van der Waals surface area contributed by atoms with Crippen LogP contribution in [0.15, 0.2) is 18.2 Å². The fourth-order valence-electron chi connectivity index (χ4n) is 3.66. The standard InChI is InChI=1S/C18H20ClF4N3O2/c1-9-16(27)24-4-5-26(9)17(28)25-15(10-2-3-14(20)13(19)8-10)11-6-12(7-11)18(21,22)23/h2-3,8-9,11-12,15H,4-7H2,1H3,(H,24,27)(H,25,28)/t9-,11-,12+,15-/m1/s1. The van der Waals surface area contributed by atoms with Crippen LogP contribution in [0.25, 0.3) is 0 Å². The highest BCUT2D eigenvalue weighted by molar-refractivity contribution is 6.30. The first kappa shape index (κ1) is 20.7. The number of carbonyl (C=O) groups excluding carboxylic acids is 2. The van der Waals surface area contributed by atoms with E-state index in [2.05, 4.69) is 10.6 Å². The first-order valence-electron chi connectivity index (χ1n) is 8.94. The van der Waals surface area contributed by atoms with E-state index in [0.717, 1.165) is 6.07 Å². The minimum Gasteiger partial charge on any atom is -0.353 e. The van der Waals surface area contributed by atoms with Gasteiger partial charge >= 0.3 is 12.2 Å². The summed E-state index contributed by atoms with van der Waals surface area (Å²) in [6.07, 6.45) is -4.57. The third-order valence-corrected chi connectivity index (χ3v) is 5.74. The molecule has 0 unspecified atom stereocenters. The van der Waals surface area contributed by atoms with Crippen molar-refractivity contribution in [2.45, 2.75) is 38.0 Å². The van der Waals surface area contributed by atoms with Crippen LogP contribution in [0, 0.1) is 17.7 Å². The number of benzene rings is 1. The highest BCUT2D eigenvalue weighted by atomic mass is 35.5. The second kappa shape index (κ2) is 7.77. The molecule has 1 saturated carbocycles. The summed E-state index contributed by atoms with van der Waals surface area (Å²) in [7, 11) is 0. The van der Waals surface area contributed by atoms with Crippen molar-refractivity contribution in [3.63, 3.8) is 0 Å². The molecule has 1 saturated heterocycles. The van der Waals surface area contributed by atoms with E-state index in [1.165, 1.54) is 17.0 Å². The molecule has 2 atom stereocenters. The number of halogens is 5. The van der Waals surface area contributed by atoms with Gasteiger partial charge in [-0.2, -0.15) is 13.2 Å². The van der Waals surface area contributed by atoms with E-state index in [0.29, 0.717) is 12.1 Å². The molecule has 2 N–H and O–H groups in total. The van der Waals surface area contributed by atoms with Crippen LogP contribution in [0.1, 0.15) is 31.4 Å². The molecule has 0 spiro atoms. The number of nitrogens with zero attached hydrogens (tertiary/aromatic N) is 1. The van der Waals surface area contributed by atoms with Gasteiger partial charge in [-0.1, -0.05) is 17.7 Å². The molecular weight excluding hydrogens is 402 g/mol. The lowest BCUT2D eigenvalue weighted by molar-refractivity contribution is -0.206. The Labute approximate surface area is 164 Å². The monoisotopic (exact) mass is 421 g/mol. The summed E-state index contributed by atoms with van der Waals surface area (Å²) in [5.74, 6) is -2.85. The van der Waals surface area contributed by atoms with Gasteiger partial charge in [-0.3, -0.25) is 4.79 Å². The topological polar surface area (TPSA) is 61.4 Å². The number of alkyl halides is 3. The van der Waals surface area contributed by atoms with Crippen molar-refractivity contribution < 1.29 is 27.2 Å². The molecule has 154 valence electrons. The Morgan fingerprint density at radius 3 is 2.64 bits per heavy atom. The van der Waals surface area contributed by atoms with Crippen molar-refractivity contribution in [2.24, 2.45) is 11.8 Å². The van der Waals surface area contributed by atoms with Crippen LogP contribution in [0.5, 0.6) is 0 Å². The van der Waals surface area contributed by atoms with E-state index in [1.807, 2.05) is 0 Å². The largest absolute Gasteiger partial charge is 0.391 e. The minimum absolute atomic E-state index is 0.139. The predicted octanol–water partition coefficient (Wildman–Crippen LogP) is 3.64. The molecule has 5 nitrogen and oxygen atoms in total. The molecule has 1 aliphatic carbocycles. The van der Waals surface area contributed by atoms with Gasteiger partial charge in [-0.15, -0.1) is 0 Å². The fourth-order valence-corrected chi connectivity index (χ4v) is 3.85. The highest BCUT2D eigenvalue weighted by Gasteiger charge is 2.50. The maximum absolute atomic E-state index is 13.5. The van der Waals surface area contributed by atoms with Gasteiger partial charge in [0.05, 0.1) is 17.0 Å². The van der Waals surface area contributed by atoms with Gasteiger partial charge < -0.3 is 15.5 Å². The molecule has 0 aromatic heterocycles. The summed E-state index contributed by atoms with van der Waals surface area (Å²) in [5, 5.41) is 5.20. The number of carbonyl (C=O) groups is 2. The summed E-state index contributed by atoms with van der Waals surface area (Å²) < 4.78 is 52.2. The van der Waals surface area contributed by atoms with E-state index in [4.69, 9.17) is 11.6 Å². The molecule has 3 amide bonds. The summed E-state index contributed by atoms with van der Waals surface area (Å²) in [6, 6.07) is 1.82. The van der Waals surface area contributed by atoms with Crippen LogP contribution in [0.2, 0.25) is 5.02 Å². The molecule has 2 aliphatic rings. The zero-order chi connectivity index (χ0) is 20.6. The van der Waals surface area contributed by atoms with Crippen LogP contribution in [-0.4, -0.2) is 42.1 Å². The van der Waals surface area contributed by atoms with Gasteiger partial charge in [0.1, 0.15) is 11.9 Å². The van der Waals surface area contributed by atoms with Gasteiger partial charge in [-0.25, -0.2) is 9.18 Å². The molecule has 28 heavy (non-hydrogen) atoms. The molecule has 0 radical (unpaired) electrons. The number of amides is 3. The molecular formula is C18H20ClF4N3O2.